The highest BCUT2D eigenvalue weighted by Crippen LogP contribution is 2.47. The summed E-state index contributed by atoms with van der Waals surface area (Å²) in [6.45, 7) is 3.14. The van der Waals surface area contributed by atoms with Crippen molar-refractivity contribution in [2.45, 2.75) is 197 Å². The van der Waals surface area contributed by atoms with E-state index in [9.17, 15) is 44.6 Å². The van der Waals surface area contributed by atoms with Gasteiger partial charge in [0.2, 0.25) is 0 Å². The van der Waals surface area contributed by atoms with E-state index < -0.39 is 75.7 Å². The molecule has 1 aliphatic carbocycles. The smallest absolute Gasteiger partial charge is 0.462 e. The summed E-state index contributed by atoms with van der Waals surface area (Å²) in [6, 6.07) is 0. The Morgan fingerprint density at radius 2 is 1.06 bits per heavy atom. The third-order valence-electron chi connectivity index (χ3n) is 10.4. The second kappa shape index (κ2) is 33.7. The molecule has 354 valence electrons. The highest BCUT2D eigenvalue weighted by atomic mass is 31.2. The maximum Gasteiger partial charge on any atom is 0.472 e. The number of unbranched alkanes of at least 4 members (excludes halogenated alkanes) is 8. The number of allylic oxidation sites excluding steroid dienone is 11. The summed E-state index contributed by atoms with van der Waals surface area (Å²) in [5.74, 6) is -1.22. The topological polar surface area (TPSA) is 222 Å². The van der Waals surface area contributed by atoms with Crippen LogP contribution in [0.5, 0.6) is 0 Å². The van der Waals surface area contributed by atoms with Crippen molar-refractivity contribution in [3.05, 3.63) is 72.9 Å². The van der Waals surface area contributed by atoms with Gasteiger partial charge >= 0.3 is 19.8 Å². The van der Waals surface area contributed by atoms with Crippen molar-refractivity contribution in [1.82, 2.24) is 0 Å². The molecule has 1 saturated carbocycles. The zero-order valence-electron chi connectivity index (χ0n) is 37.1. The lowest BCUT2D eigenvalue weighted by molar-refractivity contribution is -0.220. The van der Waals surface area contributed by atoms with E-state index in [0.29, 0.717) is 37.9 Å². The molecule has 0 spiro atoms. The van der Waals surface area contributed by atoms with Crippen LogP contribution < -0.4 is 0 Å². The predicted octanol–water partition coefficient (Wildman–Crippen LogP) is 7.71. The summed E-state index contributed by atoms with van der Waals surface area (Å²) >= 11 is 0. The number of aliphatic hydroxyl groups is 5. The molecule has 0 aromatic carbocycles. The number of phosphoric acid groups is 1. The number of hydrogen-bond acceptors (Lipinski definition) is 13. The van der Waals surface area contributed by atoms with Crippen molar-refractivity contribution in [1.29, 1.82) is 0 Å². The Morgan fingerprint density at radius 1 is 0.581 bits per heavy atom. The number of epoxide rings is 1. The number of carbonyl (C=O) groups excluding carboxylic acids is 2. The van der Waals surface area contributed by atoms with E-state index in [-0.39, 0.29) is 12.8 Å². The molecule has 0 aromatic rings. The molecule has 2 fully saturated rings. The molecule has 1 saturated heterocycles. The van der Waals surface area contributed by atoms with Crippen molar-refractivity contribution in [3.63, 3.8) is 0 Å². The maximum absolute atomic E-state index is 12.8. The fourth-order valence-electron chi connectivity index (χ4n) is 6.61. The maximum atomic E-state index is 12.8. The quantitative estimate of drug-likeness (QED) is 0.0118. The molecule has 5 unspecified atom stereocenters. The monoisotopic (exact) mass is 897 g/mol. The normalized spacial score (nSPS) is 25.8. The van der Waals surface area contributed by atoms with Crippen LogP contribution in [0.4, 0.5) is 0 Å². The van der Waals surface area contributed by atoms with Gasteiger partial charge in [-0.05, 0) is 83.5 Å². The van der Waals surface area contributed by atoms with Crippen molar-refractivity contribution in [3.8, 4) is 0 Å². The first-order chi connectivity index (χ1) is 29.9. The van der Waals surface area contributed by atoms with Gasteiger partial charge in [-0.3, -0.25) is 18.6 Å². The molecule has 15 heteroatoms. The van der Waals surface area contributed by atoms with E-state index in [1.54, 1.807) is 0 Å². The SMILES string of the molecule is CCCCC/C=C\C/C=C\C/C=C\CCCCC(=O)O[C@H](COC(=O)CCC/C=C\C/C=C\C/C=C\CC1OC1CCCCC)COP(=O)(O)OC1[C@H](O)[C@H](O)C(O)[C@H](O)[C@H]1O. The van der Waals surface area contributed by atoms with Crippen LogP contribution in [0.15, 0.2) is 72.9 Å². The Labute approximate surface area is 370 Å². The van der Waals surface area contributed by atoms with Gasteiger partial charge in [-0.1, -0.05) is 119 Å². The van der Waals surface area contributed by atoms with Gasteiger partial charge in [0.25, 0.3) is 0 Å². The van der Waals surface area contributed by atoms with Crippen LogP contribution in [0.2, 0.25) is 0 Å². The van der Waals surface area contributed by atoms with Gasteiger partial charge in [-0.15, -0.1) is 0 Å². The Kier molecular flexibility index (Phi) is 30.1. The summed E-state index contributed by atoms with van der Waals surface area (Å²) in [5.41, 5.74) is 0. The lowest BCUT2D eigenvalue weighted by Crippen LogP contribution is -2.64. The standard InChI is InChI=1S/C47H77O14P/c1-3-5-7-8-9-10-11-12-13-14-15-20-23-26-30-34-41(49)59-37(36-58-62(55,56)61-47-45(53)43(51)42(50)44(52)46(47)54)35-57-40(48)33-29-25-22-19-17-16-18-21-24-28-32-39-38(60-39)31-27-6-4-2/h9-10,12-13,15-16,18-20,22,24,28,37-39,42-47,50-54H,3-8,11,14,17,21,23,25-27,29-36H2,1-2H3,(H,55,56)/b10-9-,13-12-,18-16-,20-15-,22-19-,28-24-/t37-,38?,39?,42?,43-,44+,45-,46-,47?/m1/s1. The minimum absolute atomic E-state index is 0.0301. The van der Waals surface area contributed by atoms with Crippen LogP contribution in [-0.4, -0.2) is 111 Å². The molecule has 2 rings (SSSR count). The lowest BCUT2D eigenvalue weighted by atomic mass is 9.85. The summed E-state index contributed by atoms with van der Waals surface area (Å²) in [6.07, 6.45) is 30.0. The molecular weight excluding hydrogens is 819 g/mol. The number of carbonyl (C=O) groups is 2. The van der Waals surface area contributed by atoms with E-state index in [1.807, 2.05) is 18.2 Å². The predicted molar refractivity (Wildman–Crippen MR) is 239 cm³/mol. The number of esters is 2. The fourth-order valence-corrected chi connectivity index (χ4v) is 7.59. The van der Waals surface area contributed by atoms with Crippen LogP contribution in [-0.2, 0) is 37.4 Å². The molecule has 2 aliphatic rings. The van der Waals surface area contributed by atoms with Gasteiger partial charge in [0, 0.05) is 12.8 Å². The number of aliphatic hydroxyl groups excluding tert-OH is 5. The third kappa shape index (κ3) is 25.5. The highest BCUT2D eigenvalue weighted by Gasteiger charge is 2.51. The molecule has 0 aromatic heterocycles. The molecule has 10 atom stereocenters. The Balaban J connectivity index is 1.75. The summed E-state index contributed by atoms with van der Waals surface area (Å²) in [4.78, 5) is 35.7. The van der Waals surface area contributed by atoms with Crippen LogP contribution in [0.3, 0.4) is 0 Å². The van der Waals surface area contributed by atoms with E-state index in [4.69, 9.17) is 23.3 Å². The molecule has 0 bridgehead atoms. The average Bonchev–Trinajstić information content (AvgIpc) is 4.01. The molecule has 6 N–H and O–H groups in total. The van der Waals surface area contributed by atoms with E-state index in [2.05, 4.69) is 68.5 Å². The van der Waals surface area contributed by atoms with Crippen LogP contribution in [0.25, 0.3) is 0 Å². The van der Waals surface area contributed by atoms with Gasteiger partial charge in [0.1, 0.15) is 43.2 Å². The first kappa shape index (κ1) is 55.4. The number of hydrogen-bond donors (Lipinski definition) is 6. The molecule has 1 aliphatic heterocycles. The van der Waals surface area contributed by atoms with Gasteiger partial charge in [-0.2, -0.15) is 0 Å². The van der Waals surface area contributed by atoms with Crippen LogP contribution in [0, 0.1) is 0 Å². The highest BCUT2D eigenvalue weighted by molar-refractivity contribution is 7.47. The minimum atomic E-state index is -5.15. The second-order valence-electron chi connectivity index (χ2n) is 15.9. The average molecular weight is 897 g/mol. The molecule has 62 heavy (non-hydrogen) atoms. The number of ether oxygens (including phenoxy) is 3. The summed E-state index contributed by atoms with van der Waals surface area (Å²) in [7, 11) is -5.15. The van der Waals surface area contributed by atoms with Gasteiger partial charge < -0.3 is 44.6 Å². The van der Waals surface area contributed by atoms with E-state index in [1.165, 1.54) is 38.5 Å². The third-order valence-corrected chi connectivity index (χ3v) is 11.4. The van der Waals surface area contributed by atoms with Crippen molar-refractivity contribution >= 4 is 19.8 Å². The number of rotatable bonds is 35. The first-order valence-corrected chi connectivity index (χ1v) is 24.4. The fraction of sp³-hybridized carbons (Fsp3) is 0.702. The van der Waals surface area contributed by atoms with Gasteiger partial charge in [0.05, 0.1) is 18.8 Å². The zero-order chi connectivity index (χ0) is 45.4. The number of phosphoric ester groups is 1. The molecular formula is C47H77O14P. The summed E-state index contributed by atoms with van der Waals surface area (Å²) < 4.78 is 39.1. The Bertz CT molecular complexity index is 1430. The van der Waals surface area contributed by atoms with E-state index >= 15 is 0 Å². The summed E-state index contributed by atoms with van der Waals surface area (Å²) in [5, 5.41) is 50.1. The first-order valence-electron chi connectivity index (χ1n) is 22.9. The Hall–Kier alpha value is -2.75. The van der Waals surface area contributed by atoms with Crippen LogP contribution in [0.1, 0.15) is 142 Å². The van der Waals surface area contributed by atoms with Gasteiger partial charge in [0.15, 0.2) is 6.10 Å². The minimum Gasteiger partial charge on any atom is -0.462 e. The molecule has 0 radical (unpaired) electrons. The molecule has 0 amide bonds. The lowest BCUT2D eigenvalue weighted by Gasteiger charge is -2.41. The zero-order valence-corrected chi connectivity index (χ0v) is 38.0. The van der Waals surface area contributed by atoms with Gasteiger partial charge in [-0.25, -0.2) is 4.57 Å². The molecule has 1 heterocycles. The van der Waals surface area contributed by atoms with Crippen molar-refractivity contribution < 1.29 is 67.8 Å². The largest absolute Gasteiger partial charge is 0.472 e. The van der Waals surface area contributed by atoms with Crippen molar-refractivity contribution in [2.24, 2.45) is 0 Å². The van der Waals surface area contributed by atoms with Crippen LogP contribution >= 0.6 is 7.82 Å². The Morgan fingerprint density at radius 3 is 1.65 bits per heavy atom. The second-order valence-corrected chi connectivity index (χ2v) is 17.3. The molecule has 14 nitrogen and oxygen atoms in total. The van der Waals surface area contributed by atoms with Crippen molar-refractivity contribution in [2.75, 3.05) is 13.2 Å². The van der Waals surface area contributed by atoms with E-state index in [0.717, 1.165) is 51.4 Å².